The number of furan rings is 1. The van der Waals surface area contributed by atoms with Crippen molar-refractivity contribution in [3.05, 3.63) is 54.0 Å². The summed E-state index contributed by atoms with van der Waals surface area (Å²) in [6, 6.07) is 11.2. The zero-order chi connectivity index (χ0) is 18.1. The van der Waals surface area contributed by atoms with Crippen molar-refractivity contribution < 1.29 is 14.0 Å². The predicted molar refractivity (Wildman–Crippen MR) is 101 cm³/mol. The van der Waals surface area contributed by atoms with Crippen LogP contribution in [0.3, 0.4) is 0 Å². The van der Waals surface area contributed by atoms with Crippen LogP contribution in [0.2, 0.25) is 0 Å². The van der Waals surface area contributed by atoms with Gasteiger partial charge < -0.3 is 14.6 Å². The van der Waals surface area contributed by atoms with Crippen molar-refractivity contribution in [2.45, 2.75) is 32.1 Å². The van der Waals surface area contributed by atoms with Crippen molar-refractivity contribution in [1.29, 1.82) is 0 Å². The predicted octanol–water partition coefficient (Wildman–Crippen LogP) is 4.18. The molecule has 26 heavy (non-hydrogen) atoms. The summed E-state index contributed by atoms with van der Waals surface area (Å²) in [5, 5.41) is 2.82. The maximum atomic E-state index is 12.1. The van der Waals surface area contributed by atoms with E-state index in [9.17, 15) is 9.59 Å². The van der Waals surface area contributed by atoms with Crippen LogP contribution in [-0.4, -0.2) is 18.4 Å². The van der Waals surface area contributed by atoms with Crippen molar-refractivity contribution in [2.75, 3.05) is 16.8 Å². The zero-order valence-electron chi connectivity index (χ0n) is 14.8. The van der Waals surface area contributed by atoms with Gasteiger partial charge >= 0.3 is 0 Å². The number of nitrogens with one attached hydrogen (secondary N) is 1. The molecule has 1 aliphatic heterocycles. The Morgan fingerprint density at radius 1 is 1.23 bits per heavy atom. The van der Waals surface area contributed by atoms with E-state index in [4.69, 9.17) is 4.42 Å². The molecule has 2 fully saturated rings. The van der Waals surface area contributed by atoms with Crippen LogP contribution in [0.15, 0.2) is 46.9 Å². The van der Waals surface area contributed by atoms with Crippen LogP contribution >= 0.6 is 0 Å². The van der Waals surface area contributed by atoms with Crippen LogP contribution in [0, 0.1) is 5.92 Å². The SMILES string of the molecule is C[C@@H]1C[C@@H]1c1ccc(/C=C/C(=O)Nc2ccc(N3CCCC3=O)cc2)o1. The second-order valence-electron chi connectivity index (χ2n) is 7.08. The molecule has 1 saturated heterocycles. The molecule has 4 rings (SSSR count). The van der Waals surface area contributed by atoms with Crippen molar-refractivity contribution in [1.82, 2.24) is 0 Å². The van der Waals surface area contributed by atoms with Crippen LogP contribution in [-0.2, 0) is 9.59 Å². The van der Waals surface area contributed by atoms with Gasteiger partial charge in [0.2, 0.25) is 11.8 Å². The first-order chi connectivity index (χ1) is 12.6. The number of rotatable bonds is 5. The van der Waals surface area contributed by atoms with E-state index in [0.717, 1.165) is 24.4 Å². The highest BCUT2D eigenvalue weighted by molar-refractivity contribution is 6.02. The zero-order valence-corrected chi connectivity index (χ0v) is 14.8. The van der Waals surface area contributed by atoms with E-state index >= 15 is 0 Å². The van der Waals surface area contributed by atoms with E-state index in [-0.39, 0.29) is 11.8 Å². The number of benzene rings is 1. The Bertz CT molecular complexity index is 850. The maximum Gasteiger partial charge on any atom is 0.248 e. The first-order valence-corrected chi connectivity index (χ1v) is 9.09. The normalized spacial score (nSPS) is 22.2. The van der Waals surface area contributed by atoms with E-state index in [1.54, 1.807) is 11.0 Å². The van der Waals surface area contributed by atoms with Crippen LogP contribution in [0.25, 0.3) is 6.08 Å². The van der Waals surface area contributed by atoms with E-state index in [2.05, 4.69) is 12.2 Å². The molecule has 134 valence electrons. The quantitative estimate of drug-likeness (QED) is 0.823. The molecule has 1 saturated carbocycles. The van der Waals surface area contributed by atoms with E-state index < -0.39 is 0 Å². The molecule has 2 aromatic rings. The molecule has 2 amide bonds. The van der Waals surface area contributed by atoms with Gasteiger partial charge in [-0.15, -0.1) is 0 Å². The molecule has 5 heteroatoms. The second-order valence-corrected chi connectivity index (χ2v) is 7.08. The number of amides is 2. The van der Waals surface area contributed by atoms with E-state index in [1.807, 2.05) is 36.4 Å². The molecule has 1 aromatic carbocycles. The van der Waals surface area contributed by atoms with Gasteiger partial charge in [-0.1, -0.05) is 6.92 Å². The number of carbonyl (C=O) groups excluding carboxylic acids is 2. The molecule has 1 aromatic heterocycles. The highest BCUT2D eigenvalue weighted by atomic mass is 16.3. The molecular formula is C21H22N2O3. The lowest BCUT2D eigenvalue weighted by molar-refractivity contribution is -0.117. The molecule has 1 aliphatic carbocycles. The molecule has 5 nitrogen and oxygen atoms in total. The fourth-order valence-corrected chi connectivity index (χ4v) is 3.36. The van der Waals surface area contributed by atoms with E-state index in [0.29, 0.717) is 29.7 Å². The summed E-state index contributed by atoms with van der Waals surface area (Å²) < 4.78 is 5.76. The average molecular weight is 350 g/mol. The van der Waals surface area contributed by atoms with Gasteiger partial charge in [0.05, 0.1) is 0 Å². The fraction of sp³-hybridized carbons (Fsp3) is 0.333. The third-order valence-corrected chi connectivity index (χ3v) is 5.04. The summed E-state index contributed by atoms with van der Waals surface area (Å²) in [4.78, 5) is 25.6. The van der Waals surface area contributed by atoms with Crippen LogP contribution in [0.4, 0.5) is 11.4 Å². The molecule has 2 heterocycles. The Balaban J connectivity index is 1.34. The Morgan fingerprint density at radius 2 is 2.00 bits per heavy atom. The van der Waals surface area contributed by atoms with Crippen molar-refractivity contribution in [2.24, 2.45) is 5.92 Å². The summed E-state index contributed by atoms with van der Waals surface area (Å²) in [5.74, 6) is 2.87. The highest BCUT2D eigenvalue weighted by Crippen LogP contribution is 2.47. The third-order valence-electron chi connectivity index (χ3n) is 5.04. The minimum absolute atomic E-state index is 0.156. The van der Waals surface area contributed by atoms with Gasteiger partial charge in [0.25, 0.3) is 0 Å². The van der Waals surface area contributed by atoms with Crippen LogP contribution < -0.4 is 10.2 Å². The second kappa shape index (κ2) is 6.83. The van der Waals surface area contributed by atoms with Gasteiger partial charge in [0.15, 0.2) is 0 Å². The molecule has 0 radical (unpaired) electrons. The first-order valence-electron chi connectivity index (χ1n) is 9.09. The lowest BCUT2D eigenvalue weighted by Crippen LogP contribution is -2.23. The number of anilines is 2. The van der Waals surface area contributed by atoms with Crippen LogP contribution in [0.1, 0.15) is 43.6 Å². The third kappa shape index (κ3) is 3.57. The lowest BCUT2D eigenvalue weighted by atomic mass is 10.2. The Hall–Kier alpha value is -2.82. The largest absolute Gasteiger partial charge is 0.461 e. The van der Waals surface area contributed by atoms with Gasteiger partial charge in [0.1, 0.15) is 11.5 Å². The number of carbonyl (C=O) groups is 2. The molecule has 1 N–H and O–H groups in total. The van der Waals surface area contributed by atoms with Gasteiger partial charge in [-0.3, -0.25) is 9.59 Å². The van der Waals surface area contributed by atoms with Crippen molar-refractivity contribution in [3.63, 3.8) is 0 Å². The topological polar surface area (TPSA) is 62.6 Å². The summed E-state index contributed by atoms with van der Waals surface area (Å²) in [6.45, 7) is 2.97. The molecule has 2 aliphatic rings. The summed E-state index contributed by atoms with van der Waals surface area (Å²) >= 11 is 0. The summed E-state index contributed by atoms with van der Waals surface area (Å²) in [5.41, 5.74) is 1.57. The maximum absolute atomic E-state index is 12.1. The van der Waals surface area contributed by atoms with Gasteiger partial charge in [0, 0.05) is 36.3 Å². The Morgan fingerprint density at radius 3 is 2.65 bits per heavy atom. The van der Waals surface area contributed by atoms with Crippen LogP contribution in [0.5, 0.6) is 0 Å². The minimum Gasteiger partial charge on any atom is -0.461 e. The van der Waals surface area contributed by atoms with E-state index in [1.165, 1.54) is 12.5 Å². The van der Waals surface area contributed by atoms with Crippen molar-refractivity contribution in [3.8, 4) is 0 Å². The lowest BCUT2D eigenvalue weighted by Gasteiger charge is -2.15. The number of nitrogens with zero attached hydrogens (tertiary/aromatic N) is 1. The van der Waals surface area contributed by atoms with Gasteiger partial charge in [-0.05, 0) is 61.2 Å². The molecule has 2 atom stereocenters. The number of hydrogen-bond donors (Lipinski definition) is 1. The molecule has 0 unspecified atom stereocenters. The first kappa shape index (κ1) is 16.6. The monoisotopic (exact) mass is 350 g/mol. The number of hydrogen-bond acceptors (Lipinski definition) is 3. The van der Waals surface area contributed by atoms with Gasteiger partial charge in [-0.25, -0.2) is 0 Å². The Labute approximate surface area is 152 Å². The van der Waals surface area contributed by atoms with Crippen molar-refractivity contribution >= 4 is 29.3 Å². The smallest absolute Gasteiger partial charge is 0.248 e. The molecule has 0 spiro atoms. The van der Waals surface area contributed by atoms with Gasteiger partial charge in [-0.2, -0.15) is 0 Å². The molecular weight excluding hydrogens is 328 g/mol. The standard InChI is InChI=1S/C21H22N2O3/c1-14-13-18(14)19-10-8-17(26-19)9-11-20(24)22-15-4-6-16(7-5-15)23-12-2-3-21(23)25/h4-11,14,18H,2-3,12-13H2,1H3,(H,22,24)/b11-9+/t14-,18+/m1/s1. The summed E-state index contributed by atoms with van der Waals surface area (Å²) in [7, 11) is 0. The average Bonchev–Trinajstić information content (AvgIpc) is 3.01. The highest BCUT2D eigenvalue weighted by Gasteiger charge is 2.36. The fourth-order valence-electron chi connectivity index (χ4n) is 3.36. The Kier molecular flexibility index (Phi) is 4.37. The minimum atomic E-state index is -0.215. The molecule has 0 bridgehead atoms. The summed E-state index contributed by atoms with van der Waals surface area (Å²) in [6.07, 6.45) is 5.84.